The number of carboxylic acid groups (broad SMARTS) is 1. The molecule has 0 radical (unpaired) electrons. The Bertz CT molecular complexity index is 419. The SMILES string of the molecule is CC(C)(CC(=O)O)NC(=O)N1CC=C(C(C)(C)C)CC1. The minimum Gasteiger partial charge on any atom is -0.481 e. The van der Waals surface area contributed by atoms with Gasteiger partial charge in [0, 0.05) is 18.6 Å². The molecule has 0 fully saturated rings. The van der Waals surface area contributed by atoms with E-state index in [4.69, 9.17) is 5.11 Å². The first-order valence-corrected chi connectivity index (χ1v) is 7.00. The van der Waals surface area contributed by atoms with Gasteiger partial charge in [0.05, 0.1) is 6.42 Å². The van der Waals surface area contributed by atoms with Crippen LogP contribution in [0.5, 0.6) is 0 Å². The molecular formula is C15H26N2O3. The monoisotopic (exact) mass is 282 g/mol. The topological polar surface area (TPSA) is 69.6 Å². The number of nitrogens with zero attached hydrogens (tertiary/aromatic N) is 1. The van der Waals surface area contributed by atoms with Gasteiger partial charge in [-0.25, -0.2) is 4.79 Å². The standard InChI is InChI=1S/C15H26N2O3/c1-14(2,3)11-6-8-17(9-7-11)13(20)16-15(4,5)10-12(18)19/h6H,7-10H2,1-5H3,(H,16,20)(H,18,19). The van der Waals surface area contributed by atoms with Crippen molar-refractivity contribution < 1.29 is 14.7 Å². The molecule has 0 unspecified atom stereocenters. The van der Waals surface area contributed by atoms with E-state index in [0.717, 1.165) is 6.42 Å². The van der Waals surface area contributed by atoms with Crippen LogP contribution < -0.4 is 5.32 Å². The molecule has 2 amide bonds. The van der Waals surface area contributed by atoms with Gasteiger partial charge in [0.1, 0.15) is 0 Å². The fourth-order valence-electron chi connectivity index (χ4n) is 2.33. The van der Waals surface area contributed by atoms with Crippen molar-refractivity contribution in [2.75, 3.05) is 13.1 Å². The van der Waals surface area contributed by atoms with Crippen molar-refractivity contribution in [2.24, 2.45) is 5.41 Å². The van der Waals surface area contributed by atoms with E-state index in [1.165, 1.54) is 5.57 Å². The number of urea groups is 1. The predicted molar refractivity (Wildman–Crippen MR) is 78.6 cm³/mol. The summed E-state index contributed by atoms with van der Waals surface area (Å²) in [6.07, 6.45) is 2.89. The molecule has 114 valence electrons. The molecule has 0 aliphatic carbocycles. The fraction of sp³-hybridized carbons (Fsp3) is 0.733. The molecule has 0 aromatic rings. The zero-order chi connectivity index (χ0) is 15.6. The summed E-state index contributed by atoms with van der Waals surface area (Å²) in [5.41, 5.74) is 0.772. The van der Waals surface area contributed by atoms with E-state index in [1.54, 1.807) is 18.7 Å². The second-order valence-corrected chi connectivity index (χ2v) is 7.06. The highest BCUT2D eigenvalue weighted by molar-refractivity contribution is 5.77. The molecule has 0 saturated carbocycles. The highest BCUT2D eigenvalue weighted by Gasteiger charge is 2.28. The van der Waals surface area contributed by atoms with Crippen molar-refractivity contribution in [3.05, 3.63) is 11.6 Å². The average molecular weight is 282 g/mol. The number of hydrogen-bond donors (Lipinski definition) is 2. The van der Waals surface area contributed by atoms with Crippen LogP contribution in [0.3, 0.4) is 0 Å². The molecule has 0 aromatic carbocycles. The van der Waals surface area contributed by atoms with Crippen LogP contribution in [0, 0.1) is 5.41 Å². The van der Waals surface area contributed by atoms with Crippen molar-refractivity contribution in [3.63, 3.8) is 0 Å². The molecule has 1 rings (SSSR count). The summed E-state index contributed by atoms with van der Waals surface area (Å²) in [4.78, 5) is 24.6. The van der Waals surface area contributed by atoms with Crippen LogP contribution in [0.25, 0.3) is 0 Å². The Balaban J connectivity index is 2.59. The van der Waals surface area contributed by atoms with Gasteiger partial charge in [0.2, 0.25) is 0 Å². The Hall–Kier alpha value is -1.52. The van der Waals surface area contributed by atoms with Gasteiger partial charge in [-0.1, -0.05) is 32.4 Å². The van der Waals surface area contributed by atoms with Crippen molar-refractivity contribution >= 4 is 12.0 Å². The molecule has 2 N–H and O–H groups in total. The lowest BCUT2D eigenvalue weighted by Crippen LogP contribution is -2.52. The maximum Gasteiger partial charge on any atom is 0.318 e. The van der Waals surface area contributed by atoms with E-state index in [9.17, 15) is 9.59 Å². The van der Waals surface area contributed by atoms with E-state index in [2.05, 4.69) is 32.2 Å². The van der Waals surface area contributed by atoms with Crippen LogP contribution in [0.1, 0.15) is 47.5 Å². The highest BCUT2D eigenvalue weighted by atomic mass is 16.4. The van der Waals surface area contributed by atoms with Gasteiger partial charge in [-0.2, -0.15) is 0 Å². The van der Waals surface area contributed by atoms with E-state index < -0.39 is 11.5 Å². The zero-order valence-corrected chi connectivity index (χ0v) is 13.1. The lowest BCUT2D eigenvalue weighted by atomic mass is 9.83. The van der Waals surface area contributed by atoms with E-state index in [0.29, 0.717) is 13.1 Å². The highest BCUT2D eigenvalue weighted by Crippen LogP contribution is 2.30. The van der Waals surface area contributed by atoms with E-state index in [-0.39, 0.29) is 17.9 Å². The molecule has 5 nitrogen and oxygen atoms in total. The van der Waals surface area contributed by atoms with Gasteiger partial charge >= 0.3 is 12.0 Å². The maximum atomic E-state index is 12.1. The summed E-state index contributed by atoms with van der Waals surface area (Å²) in [7, 11) is 0. The Morgan fingerprint density at radius 2 is 1.90 bits per heavy atom. The number of carbonyl (C=O) groups excluding carboxylic acids is 1. The zero-order valence-electron chi connectivity index (χ0n) is 13.1. The largest absolute Gasteiger partial charge is 0.481 e. The third-order valence-electron chi connectivity index (χ3n) is 3.50. The van der Waals surface area contributed by atoms with Crippen molar-refractivity contribution in [1.29, 1.82) is 0 Å². The van der Waals surface area contributed by atoms with Gasteiger partial charge in [-0.05, 0) is 25.7 Å². The van der Waals surface area contributed by atoms with Crippen molar-refractivity contribution in [1.82, 2.24) is 10.2 Å². The molecule has 5 heteroatoms. The van der Waals surface area contributed by atoms with Crippen molar-refractivity contribution in [2.45, 2.75) is 53.0 Å². The molecule has 0 spiro atoms. The van der Waals surface area contributed by atoms with E-state index in [1.807, 2.05) is 0 Å². The number of amides is 2. The van der Waals surface area contributed by atoms with E-state index >= 15 is 0 Å². The van der Waals surface area contributed by atoms with Gasteiger partial charge in [0.15, 0.2) is 0 Å². The normalized spacial score (nSPS) is 16.6. The maximum absolute atomic E-state index is 12.1. The molecule has 20 heavy (non-hydrogen) atoms. The van der Waals surface area contributed by atoms with Gasteiger partial charge < -0.3 is 15.3 Å². The van der Waals surface area contributed by atoms with Gasteiger partial charge in [-0.3, -0.25) is 4.79 Å². The molecule has 0 bridgehead atoms. The number of nitrogens with one attached hydrogen (secondary N) is 1. The minimum absolute atomic E-state index is 0.0876. The molecule has 1 heterocycles. The summed E-state index contributed by atoms with van der Waals surface area (Å²) in [6, 6.07) is -0.194. The lowest BCUT2D eigenvalue weighted by molar-refractivity contribution is -0.138. The molecule has 1 aliphatic rings. The van der Waals surface area contributed by atoms with Gasteiger partial charge in [0.25, 0.3) is 0 Å². The second-order valence-electron chi connectivity index (χ2n) is 7.06. The Kier molecular flexibility index (Phi) is 4.84. The molecule has 1 aliphatic heterocycles. The third-order valence-corrected chi connectivity index (χ3v) is 3.50. The summed E-state index contributed by atoms with van der Waals surface area (Å²) >= 11 is 0. The van der Waals surface area contributed by atoms with Crippen LogP contribution in [0.2, 0.25) is 0 Å². The third kappa shape index (κ3) is 4.87. The number of aliphatic carboxylic acids is 1. The quantitative estimate of drug-likeness (QED) is 0.782. The van der Waals surface area contributed by atoms with Crippen LogP contribution in [0.4, 0.5) is 4.79 Å². The first-order valence-electron chi connectivity index (χ1n) is 7.00. The van der Waals surface area contributed by atoms with Crippen LogP contribution >= 0.6 is 0 Å². The number of hydrogen-bond acceptors (Lipinski definition) is 2. The Morgan fingerprint density at radius 1 is 1.30 bits per heavy atom. The molecular weight excluding hydrogens is 256 g/mol. The first kappa shape index (κ1) is 16.5. The molecule has 0 saturated heterocycles. The Morgan fingerprint density at radius 3 is 2.30 bits per heavy atom. The fourth-order valence-corrected chi connectivity index (χ4v) is 2.33. The summed E-state index contributed by atoms with van der Waals surface area (Å²) in [6.45, 7) is 11.2. The van der Waals surface area contributed by atoms with Crippen LogP contribution in [-0.4, -0.2) is 40.6 Å². The number of carboxylic acids is 1. The van der Waals surface area contributed by atoms with Gasteiger partial charge in [-0.15, -0.1) is 0 Å². The predicted octanol–water partition coefficient (Wildman–Crippen LogP) is 2.63. The van der Waals surface area contributed by atoms with Crippen molar-refractivity contribution in [3.8, 4) is 0 Å². The smallest absolute Gasteiger partial charge is 0.318 e. The number of rotatable bonds is 3. The summed E-state index contributed by atoms with van der Waals surface area (Å²) in [5, 5.41) is 11.6. The second kappa shape index (κ2) is 5.85. The lowest BCUT2D eigenvalue weighted by Gasteiger charge is -2.34. The summed E-state index contributed by atoms with van der Waals surface area (Å²) in [5.74, 6) is -0.913. The van der Waals surface area contributed by atoms with Crippen LogP contribution in [-0.2, 0) is 4.79 Å². The Labute approximate surface area is 121 Å². The first-order chi connectivity index (χ1) is 9.01. The number of carbonyl (C=O) groups is 2. The van der Waals surface area contributed by atoms with Crippen LogP contribution in [0.15, 0.2) is 11.6 Å². The summed E-state index contributed by atoms with van der Waals surface area (Å²) < 4.78 is 0. The minimum atomic E-state index is -0.913. The average Bonchev–Trinajstić information content (AvgIpc) is 2.25. The molecule has 0 aromatic heterocycles. The molecule has 0 atom stereocenters.